The molecule has 3 atom stereocenters. The fourth-order valence-corrected chi connectivity index (χ4v) is 5.91. The van der Waals surface area contributed by atoms with Gasteiger partial charge in [-0.25, -0.2) is 4.79 Å². The first-order chi connectivity index (χ1) is 21.1. The number of H-pyrrole nitrogens is 1. The molecule has 0 bridgehead atoms. The molecule has 1 saturated heterocycles. The van der Waals surface area contributed by atoms with Gasteiger partial charge < -0.3 is 28.2 Å². The summed E-state index contributed by atoms with van der Waals surface area (Å²) in [5.74, 6) is 1.36. The van der Waals surface area contributed by atoms with Crippen LogP contribution in [0.25, 0.3) is 0 Å². The Hall–Kier alpha value is -3.95. The molecule has 1 aliphatic rings. The second kappa shape index (κ2) is 13.4. The molecule has 0 saturated carbocycles. The first-order valence-corrected chi connectivity index (χ1v) is 17.0. The van der Waals surface area contributed by atoms with Gasteiger partial charge in [-0.3, -0.25) is 14.3 Å². The van der Waals surface area contributed by atoms with Gasteiger partial charge in [0.15, 0.2) is 6.23 Å². The maximum Gasteiger partial charge on any atom is 0.330 e. The third-order valence-corrected chi connectivity index (χ3v) is 8.91. The van der Waals surface area contributed by atoms with Crippen molar-refractivity contribution >= 4 is 7.14 Å². The highest BCUT2D eigenvalue weighted by molar-refractivity contribution is 7.62. The number of aromatic nitrogens is 2. The second-order valence-corrected chi connectivity index (χ2v) is 14.6. The topological polar surface area (TPSA) is 118 Å². The fraction of sp³-hybridized carbons (Fsp3) is 0.333. The molecule has 5 rings (SSSR count). The van der Waals surface area contributed by atoms with Gasteiger partial charge in [-0.1, -0.05) is 54.6 Å². The van der Waals surface area contributed by atoms with Crippen molar-refractivity contribution in [3.05, 3.63) is 129 Å². The normalized spacial score (nSPS) is 18.7. The molecule has 4 aromatic rings. The predicted molar refractivity (Wildman–Crippen MR) is 168 cm³/mol. The highest BCUT2D eigenvalue weighted by Crippen LogP contribution is 2.46. The zero-order valence-corrected chi connectivity index (χ0v) is 26.1. The fourth-order valence-electron chi connectivity index (χ4n) is 5.37. The largest absolute Gasteiger partial charge is 0.497 e. The molecule has 11 heteroatoms. The predicted octanol–water partition coefficient (Wildman–Crippen LogP) is 4.47. The van der Waals surface area contributed by atoms with E-state index in [1.807, 2.05) is 78.9 Å². The van der Waals surface area contributed by atoms with Gasteiger partial charge in [-0.15, -0.1) is 0 Å². The quantitative estimate of drug-likeness (QED) is 0.182. The second-order valence-electron chi connectivity index (χ2n) is 11.0. The van der Waals surface area contributed by atoms with Gasteiger partial charge in [0.05, 0.1) is 34.6 Å². The molecule has 0 spiro atoms. The van der Waals surface area contributed by atoms with Gasteiger partial charge in [0, 0.05) is 18.4 Å². The SMILES string of the molecule is COc1ccc(C(O[C@@H]2[C@@H](OCCP(C)(C)=O)CO[C@H]2n2ccc(=O)[nH]c2=O)(c2ccccc2)c2ccc(OC)cc2)cc1. The Morgan fingerprint density at radius 2 is 1.43 bits per heavy atom. The van der Waals surface area contributed by atoms with Crippen molar-refractivity contribution < 1.29 is 28.2 Å². The molecule has 0 amide bonds. The molecule has 1 aliphatic heterocycles. The van der Waals surface area contributed by atoms with Crippen molar-refractivity contribution in [3.8, 4) is 11.5 Å². The van der Waals surface area contributed by atoms with Crippen molar-refractivity contribution in [3.63, 3.8) is 0 Å². The van der Waals surface area contributed by atoms with Gasteiger partial charge >= 0.3 is 5.69 Å². The molecule has 1 N–H and O–H groups in total. The zero-order valence-electron chi connectivity index (χ0n) is 25.2. The summed E-state index contributed by atoms with van der Waals surface area (Å²) in [5.41, 5.74) is 0.0160. The first-order valence-electron chi connectivity index (χ1n) is 14.3. The Balaban J connectivity index is 1.70. The van der Waals surface area contributed by atoms with Gasteiger partial charge in [0.25, 0.3) is 5.56 Å². The Bertz CT molecular complexity index is 1650. The van der Waals surface area contributed by atoms with Crippen LogP contribution in [0.2, 0.25) is 0 Å². The summed E-state index contributed by atoms with van der Waals surface area (Å²) >= 11 is 0. The lowest BCUT2D eigenvalue weighted by Gasteiger charge is -2.40. The van der Waals surface area contributed by atoms with E-state index in [0.29, 0.717) is 17.7 Å². The summed E-state index contributed by atoms with van der Waals surface area (Å²) < 4.78 is 44.5. The van der Waals surface area contributed by atoms with Crippen LogP contribution in [0.1, 0.15) is 22.9 Å². The Labute approximate surface area is 255 Å². The lowest BCUT2D eigenvalue weighted by atomic mass is 9.79. The Morgan fingerprint density at radius 1 is 0.864 bits per heavy atom. The highest BCUT2D eigenvalue weighted by Gasteiger charge is 2.48. The molecule has 10 nitrogen and oxygen atoms in total. The number of nitrogens with one attached hydrogen (secondary N) is 1. The first kappa shape index (κ1) is 31.5. The van der Waals surface area contributed by atoms with Gasteiger partial charge in [0.1, 0.15) is 29.3 Å². The molecule has 3 aromatic carbocycles. The smallest absolute Gasteiger partial charge is 0.330 e. The van der Waals surface area contributed by atoms with E-state index in [2.05, 4.69) is 4.98 Å². The average molecular weight is 621 g/mol. The van der Waals surface area contributed by atoms with E-state index in [1.54, 1.807) is 27.5 Å². The Kier molecular flexibility index (Phi) is 9.56. The van der Waals surface area contributed by atoms with E-state index in [4.69, 9.17) is 23.7 Å². The van der Waals surface area contributed by atoms with Gasteiger partial charge in [-0.2, -0.15) is 0 Å². The zero-order chi connectivity index (χ0) is 31.3. The van der Waals surface area contributed by atoms with Crippen molar-refractivity contribution in [2.45, 2.75) is 24.0 Å². The molecular weight excluding hydrogens is 583 g/mol. The van der Waals surface area contributed by atoms with E-state index in [-0.39, 0.29) is 13.2 Å². The Morgan fingerprint density at radius 3 is 1.95 bits per heavy atom. The van der Waals surface area contributed by atoms with Crippen LogP contribution in [0, 0.1) is 0 Å². The van der Waals surface area contributed by atoms with Crippen LogP contribution in [-0.2, 0) is 24.4 Å². The van der Waals surface area contributed by atoms with E-state index < -0.39 is 42.4 Å². The summed E-state index contributed by atoms with van der Waals surface area (Å²) in [6.07, 6.45) is -0.665. The van der Waals surface area contributed by atoms with E-state index in [0.717, 1.165) is 16.7 Å². The van der Waals surface area contributed by atoms with Gasteiger partial charge in [0.2, 0.25) is 0 Å². The molecule has 232 valence electrons. The average Bonchev–Trinajstić information content (AvgIpc) is 3.41. The number of benzene rings is 3. The molecule has 0 radical (unpaired) electrons. The van der Waals surface area contributed by atoms with E-state index in [9.17, 15) is 14.2 Å². The lowest BCUT2D eigenvalue weighted by molar-refractivity contribution is -0.132. The molecular formula is C33H37N2O8P. The standard InChI is InChI=1S/C33H37N2O8P/c1-39-26-14-10-24(11-15-26)33(23-8-6-5-7-9-23,25-12-16-27(40-2)17-13-25)43-30-28(41-20-21-44(3,4)38)22-42-31(30)35-19-18-29(36)34-32(35)37/h5-19,28,30-31H,20-22H2,1-4H3,(H,34,36,37)/t28-,30+,31+/m0/s1. The summed E-state index contributed by atoms with van der Waals surface area (Å²) in [6, 6.07) is 26.2. The summed E-state index contributed by atoms with van der Waals surface area (Å²) in [5, 5.41) is 0. The van der Waals surface area contributed by atoms with Crippen molar-refractivity contribution in [2.75, 3.05) is 46.9 Å². The maximum absolute atomic E-state index is 13.0. The number of hydrogen-bond acceptors (Lipinski definition) is 8. The van der Waals surface area contributed by atoms with E-state index >= 15 is 0 Å². The molecule has 0 aliphatic carbocycles. The van der Waals surface area contributed by atoms with Crippen LogP contribution in [-0.4, -0.2) is 68.7 Å². The third kappa shape index (κ3) is 6.74. The number of aromatic amines is 1. The summed E-state index contributed by atoms with van der Waals surface area (Å²) in [4.78, 5) is 27.2. The van der Waals surface area contributed by atoms with Gasteiger partial charge in [-0.05, 0) is 54.3 Å². The molecule has 0 unspecified atom stereocenters. The van der Waals surface area contributed by atoms with Crippen molar-refractivity contribution in [2.24, 2.45) is 0 Å². The molecule has 1 fully saturated rings. The minimum absolute atomic E-state index is 0.106. The number of hydrogen-bond donors (Lipinski definition) is 1. The number of methoxy groups -OCH3 is 2. The van der Waals surface area contributed by atoms with Crippen LogP contribution in [0.15, 0.2) is 101 Å². The minimum Gasteiger partial charge on any atom is -0.497 e. The van der Waals surface area contributed by atoms with Crippen LogP contribution in [0.3, 0.4) is 0 Å². The highest BCUT2D eigenvalue weighted by atomic mass is 31.2. The minimum atomic E-state index is -2.35. The number of rotatable bonds is 12. The number of ether oxygens (including phenoxy) is 5. The monoisotopic (exact) mass is 620 g/mol. The number of nitrogens with zero attached hydrogens (tertiary/aromatic N) is 1. The summed E-state index contributed by atoms with van der Waals surface area (Å²) in [7, 11) is 0.858. The van der Waals surface area contributed by atoms with Crippen LogP contribution < -0.4 is 20.7 Å². The van der Waals surface area contributed by atoms with Crippen molar-refractivity contribution in [1.29, 1.82) is 0 Å². The maximum atomic E-state index is 13.0. The van der Waals surface area contributed by atoms with Crippen LogP contribution >= 0.6 is 7.14 Å². The molecule has 2 heterocycles. The third-order valence-electron chi connectivity index (χ3n) is 7.65. The van der Waals surface area contributed by atoms with E-state index in [1.165, 1.54) is 16.8 Å². The van der Waals surface area contributed by atoms with Crippen molar-refractivity contribution in [1.82, 2.24) is 9.55 Å². The lowest BCUT2D eigenvalue weighted by Crippen LogP contribution is -2.45. The summed E-state index contributed by atoms with van der Waals surface area (Å²) in [6.45, 7) is 3.75. The van der Waals surface area contributed by atoms with Crippen LogP contribution in [0.5, 0.6) is 11.5 Å². The molecule has 1 aromatic heterocycles. The van der Waals surface area contributed by atoms with Crippen LogP contribution in [0.4, 0.5) is 0 Å². The molecule has 44 heavy (non-hydrogen) atoms.